The zero-order valence-electron chi connectivity index (χ0n) is 50.8. The van der Waals surface area contributed by atoms with Crippen LogP contribution in [0.5, 0.6) is 0 Å². The molecule has 7 nitrogen and oxygen atoms in total. The van der Waals surface area contributed by atoms with E-state index in [0.29, 0.717) is 39.3 Å². The number of piperazine rings is 1. The minimum atomic E-state index is 0.276. The second-order valence-electron chi connectivity index (χ2n) is 23.7. The van der Waals surface area contributed by atoms with Crippen LogP contribution in [0.1, 0.15) is 330 Å². The lowest BCUT2D eigenvalue weighted by Gasteiger charge is -2.37. The SMILES string of the molecule is CCCCCCCCCCCCCCN(CCCCCCCCCCCCCC)CC(=O)N1CCN(C(=O)CN(CCCCCCCCCC)CCN(CCCCCCCCC)CCCCCCCCC)CC1. The summed E-state index contributed by atoms with van der Waals surface area (Å²) in [4.78, 5) is 40.1. The Kier molecular flexibility index (Phi) is 53.2. The van der Waals surface area contributed by atoms with Crippen LogP contribution in [0.2, 0.25) is 0 Å². The lowest BCUT2D eigenvalue weighted by atomic mass is 10.0. The summed E-state index contributed by atoms with van der Waals surface area (Å²) in [7, 11) is 0. The molecule has 0 spiro atoms. The van der Waals surface area contributed by atoms with E-state index in [1.54, 1.807) is 0 Å². The van der Waals surface area contributed by atoms with Gasteiger partial charge in [-0.15, -0.1) is 0 Å². The molecule has 1 saturated heterocycles. The van der Waals surface area contributed by atoms with Gasteiger partial charge in [-0.1, -0.05) is 298 Å². The summed E-state index contributed by atoms with van der Waals surface area (Å²) >= 11 is 0. The Balaban J connectivity index is 2.77. The molecule has 0 aromatic carbocycles. The van der Waals surface area contributed by atoms with Crippen LogP contribution >= 0.6 is 0 Å². The van der Waals surface area contributed by atoms with Crippen LogP contribution in [0.3, 0.4) is 0 Å². The van der Waals surface area contributed by atoms with Crippen LogP contribution in [0.4, 0.5) is 0 Å². The van der Waals surface area contributed by atoms with Crippen LogP contribution in [0, 0.1) is 0 Å². The molecule has 0 unspecified atom stereocenters. The van der Waals surface area contributed by atoms with Crippen molar-refractivity contribution in [2.24, 2.45) is 0 Å². The Morgan fingerprint density at radius 2 is 0.397 bits per heavy atom. The molecule has 1 rings (SSSR count). The quantitative estimate of drug-likeness (QED) is 0.0568. The van der Waals surface area contributed by atoms with Gasteiger partial charge in [0.25, 0.3) is 0 Å². The van der Waals surface area contributed by atoms with E-state index >= 15 is 0 Å². The van der Waals surface area contributed by atoms with Gasteiger partial charge in [0.1, 0.15) is 0 Å². The summed E-state index contributed by atoms with van der Waals surface area (Å²) < 4.78 is 0. The van der Waals surface area contributed by atoms with Crippen molar-refractivity contribution < 1.29 is 9.59 Å². The number of hydrogen-bond donors (Lipinski definition) is 0. The predicted molar refractivity (Wildman–Crippen MR) is 323 cm³/mol. The first-order valence-corrected chi connectivity index (χ1v) is 33.7. The summed E-state index contributed by atoms with van der Waals surface area (Å²) in [5, 5.41) is 0. The molecule has 73 heavy (non-hydrogen) atoms. The summed E-state index contributed by atoms with van der Waals surface area (Å²) in [6, 6.07) is 0. The first-order valence-electron chi connectivity index (χ1n) is 33.7. The highest BCUT2D eigenvalue weighted by Gasteiger charge is 2.26. The van der Waals surface area contributed by atoms with E-state index in [0.717, 1.165) is 32.7 Å². The lowest BCUT2D eigenvalue weighted by molar-refractivity contribution is -0.140. The summed E-state index contributed by atoms with van der Waals surface area (Å²) in [5.41, 5.74) is 0. The minimum absolute atomic E-state index is 0.276. The molecule has 1 aliphatic heterocycles. The molecule has 0 radical (unpaired) electrons. The number of hydrogen-bond acceptors (Lipinski definition) is 5. The van der Waals surface area contributed by atoms with E-state index < -0.39 is 0 Å². The van der Waals surface area contributed by atoms with Crippen molar-refractivity contribution in [3.8, 4) is 0 Å². The maximum absolute atomic E-state index is 14.1. The van der Waals surface area contributed by atoms with E-state index in [1.165, 1.54) is 308 Å². The Bertz CT molecular complexity index is 1080. The molecule has 7 heteroatoms. The Labute approximate surface area is 459 Å². The molecule has 2 amide bonds. The van der Waals surface area contributed by atoms with Gasteiger partial charge in [-0.25, -0.2) is 0 Å². The Morgan fingerprint density at radius 1 is 0.233 bits per heavy atom. The van der Waals surface area contributed by atoms with E-state index in [4.69, 9.17) is 0 Å². The van der Waals surface area contributed by atoms with Gasteiger partial charge in [0.05, 0.1) is 13.1 Å². The molecule has 0 aromatic rings. The molecule has 0 atom stereocenters. The largest absolute Gasteiger partial charge is 0.338 e. The summed E-state index contributed by atoms with van der Waals surface area (Å²) in [5.74, 6) is 0.557. The first kappa shape index (κ1) is 69.8. The van der Waals surface area contributed by atoms with Crippen LogP contribution in [0.25, 0.3) is 0 Å². The normalized spacial score (nSPS) is 13.2. The van der Waals surface area contributed by atoms with Gasteiger partial charge < -0.3 is 14.7 Å². The number of nitrogens with zero attached hydrogens (tertiary/aromatic N) is 5. The number of rotatable bonds is 58. The molecule has 0 bridgehead atoms. The standard InChI is InChI=1S/C66H133N5O2/c1-6-11-16-21-26-29-31-33-35-40-44-49-54-68(55-50-45-41-36-34-32-30-27-22-17-12-7-2)63-65(72)70-59-61-71(62-60-70)66(73)64-69(56-51-46-39-28-23-18-13-8-3)58-57-67(52-47-42-37-24-19-14-9-4)53-48-43-38-25-20-15-10-5/h6-64H2,1-5H3. The van der Waals surface area contributed by atoms with Crippen molar-refractivity contribution in [3.63, 3.8) is 0 Å². The van der Waals surface area contributed by atoms with E-state index in [-0.39, 0.29) is 11.8 Å². The topological polar surface area (TPSA) is 50.3 Å². The molecular formula is C66H133N5O2. The predicted octanol–water partition coefficient (Wildman–Crippen LogP) is 18.6. The maximum Gasteiger partial charge on any atom is 0.236 e. The molecule has 434 valence electrons. The van der Waals surface area contributed by atoms with E-state index in [9.17, 15) is 9.59 Å². The van der Waals surface area contributed by atoms with Gasteiger partial charge in [-0.2, -0.15) is 0 Å². The van der Waals surface area contributed by atoms with Crippen molar-refractivity contribution in [1.29, 1.82) is 0 Å². The van der Waals surface area contributed by atoms with E-state index in [2.05, 4.69) is 59.1 Å². The molecule has 1 fully saturated rings. The van der Waals surface area contributed by atoms with Gasteiger partial charge >= 0.3 is 0 Å². The third kappa shape index (κ3) is 45.5. The average molecular weight is 1030 g/mol. The van der Waals surface area contributed by atoms with Crippen LogP contribution in [-0.2, 0) is 9.59 Å². The summed E-state index contributed by atoms with van der Waals surface area (Å²) in [6.07, 6.45) is 62.3. The zero-order chi connectivity index (χ0) is 52.8. The van der Waals surface area contributed by atoms with Gasteiger partial charge in [-0.05, 0) is 64.8 Å². The van der Waals surface area contributed by atoms with Crippen molar-refractivity contribution in [3.05, 3.63) is 0 Å². The van der Waals surface area contributed by atoms with E-state index in [1.807, 2.05) is 0 Å². The lowest BCUT2D eigenvalue weighted by Crippen LogP contribution is -2.54. The Hall–Kier alpha value is -1.18. The molecule has 1 heterocycles. The minimum Gasteiger partial charge on any atom is -0.338 e. The maximum atomic E-state index is 14.1. The molecule has 1 aliphatic rings. The van der Waals surface area contributed by atoms with Crippen molar-refractivity contribution in [1.82, 2.24) is 24.5 Å². The number of unbranched alkanes of at least 4 members (excludes halogenated alkanes) is 41. The van der Waals surface area contributed by atoms with Gasteiger partial charge in [0.2, 0.25) is 11.8 Å². The number of amides is 2. The van der Waals surface area contributed by atoms with Crippen molar-refractivity contribution in [2.75, 3.05) is 85.1 Å². The second kappa shape index (κ2) is 55.6. The zero-order valence-corrected chi connectivity index (χ0v) is 50.8. The first-order chi connectivity index (χ1) is 36.0. The fourth-order valence-corrected chi connectivity index (χ4v) is 11.4. The third-order valence-corrected chi connectivity index (χ3v) is 16.6. The molecule has 0 saturated carbocycles. The van der Waals surface area contributed by atoms with Crippen LogP contribution in [-0.4, -0.2) is 121 Å². The van der Waals surface area contributed by atoms with Crippen LogP contribution < -0.4 is 0 Å². The number of carbonyl (C=O) groups is 2. The number of carbonyl (C=O) groups excluding carboxylic acids is 2. The van der Waals surface area contributed by atoms with Crippen molar-refractivity contribution in [2.45, 2.75) is 330 Å². The smallest absolute Gasteiger partial charge is 0.236 e. The highest BCUT2D eigenvalue weighted by Crippen LogP contribution is 2.17. The molecule has 0 aliphatic carbocycles. The molecule has 0 aromatic heterocycles. The molecular weight excluding hydrogens is 895 g/mol. The highest BCUT2D eigenvalue weighted by atomic mass is 16.2. The molecule has 0 N–H and O–H groups in total. The average Bonchev–Trinajstić information content (AvgIpc) is 3.40. The Morgan fingerprint density at radius 3 is 0.616 bits per heavy atom. The highest BCUT2D eigenvalue weighted by molar-refractivity contribution is 5.80. The third-order valence-electron chi connectivity index (χ3n) is 16.6. The van der Waals surface area contributed by atoms with Crippen molar-refractivity contribution >= 4 is 11.8 Å². The van der Waals surface area contributed by atoms with Gasteiger partial charge in [0, 0.05) is 39.3 Å². The van der Waals surface area contributed by atoms with Gasteiger partial charge in [0.15, 0.2) is 0 Å². The fraction of sp³-hybridized carbons (Fsp3) is 0.970. The fourth-order valence-electron chi connectivity index (χ4n) is 11.4. The summed E-state index contributed by atoms with van der Waals surface area (Å²) in [6.45, 7) is 22.9. The monoisotopic (exact) mass is 1030 g/mol. The second-order valence-corrected chi connectivity index (χ2v) is 23.7. The van der Waals surface area contributed by atoms with Crippen LogP contribution in [0.15, 0.2) is 0 Å². The van der Waals surface area contributed by atoms with Gasteiger partial charge in [-0.3, -0.25) is 19.4 Å².